The number of aromatic nitrogens is 4. The molecule has 1 aliphatic rings. The quantitative estimate of drug-likeness (QED) is 0.725. The minimum atomic E-state index is -0.434. The molecule has 7 heteroatoms. The molecule has 27 heavy (non-hydrogen) atoms. The molecule has 0 saturated heterocycles. The lowest BCUT2D eigenvalue weighted by atomic mass is 9.70. The van der Waals surface area contributed by atoms with Crippen molar-refractivity contribution < 1.29 is 0 Å². The number of aromatic amines is 1. The van der Waals surface area contributed by atoms with Crippen molar-refractivity contribution in [2.75, 3.05) is 0 Å². The first-order valence-electron chi connectivity index (χ1n) is 9.05. The van der Waals surface area contributed by atoms with Crippen LogP contribution in [0.1, 0.15) is 38.2 Å². The number of halogens is 1. The second kappa shape index (κ2) is 6.62. The topological polar surface area (TPSA) is 89.6 Å². The van der Waals surface area contributed by atoms with Gasteiger partial charge in [-0.05, 0) is 56.4 Å². The summed E-state index contributed by atoms with van der Waals surface area (Å²) in [6.07, 6.45) is 6.51. The van der Waals surface area contributed by atoms with E-state index in [0.717, 1.165) is 42.5 Å². The number of hydrogen-bond acceptors (Lipinski definition) is 4. The zero-order valence-electron chi connectivity index (χ0n) is 15.2. The van der Waals surface area contributed by atoms with Crippen LogP contribution in [0.2, 0.25) is 5.02 Å². The Kier molecular flexibility index (Phi) is 4.40. The fourth-order valence-corrected chi connectivity index (χ4v) is 4.07. The van der Waals surface area contributed by atoms with Crippen LogP contribution in [0.3, 0.4) is 0 Å². The first kappa shape index (κ1) is 17.9. The number of H-pyrrole nitrogens is 1. The second-order valence-electron chi connectivity index (χ2n) is 7.62. The van der Waals surface area contributed by atoms with Gasteiger partial charge in [-0.3, -0.25) is 9.89 Å². The van der Waals surface area contributed by atoms with Gasteiger partial charge in [-0.25, -0.2) is 4.68 Å². The maximum absolute atomic E-state index is 12.5. The van der Waals surface area contributed by atoms with Gasteiger partial charge in [0.25, 0.3) is 5.56 Å². The summed E-state index contributed by atoms with van der Waals surface area (Å²) in [6, 6.07) is 11.1. The van der Waals surface area contributed by atoms with Gasteiger partial charge in [0.05, 0.1) is 17.4 Å². The minimum Gasteiger partial charge on any atom is -0.321 e. The number of benzene rings is 1. The number of nitrogens with zero attached hydrogens (tertiary/aromatic N) is 3. The van der Waals surface area contributed by atoms with Gasteiger partial charge in [-0.15, -0.1) is 0 Å². The van der Waals surface area contributed by atoms with Crippen molar-refractivity contribution in [2.45, 2.75) is 43.7 Å². The third-order valence-corrected chi connectivity index (χ3v) is 5.96. The van der Waals surface area contributed by atoms with Gasteiger partial charge in [0, 0.05) is 28.4 Å². The number of rotatable bonds is 3. The van der Waals surface area contributed by atoms with Crippen molar-refractivity contribution in [2.24, 2.45) is 5.73 Å². The van der Waals surface area contributed by atoms with E-state index in [1.807, 2.05) is 24.3 Å². The second-order valence-corrected chi connectivity index (χ2v) is 8.06. The third kappa shape index (κ3) is 3.31. The molecule has 140 valence electrons. The SMILES string of the molecule is CC1(n2nc(-c3cn[nH]c3)ccc2=O)CCC(N)(c2cccc(Cl)c2)CC1. The van der Waals surface area contributed by atoms with Crippen molar-refractivity contribution in [3.63, 3.8) is 0 Å². The highest BCUT2D eigenvalue weighted by atomic mass is 35.5. The summed E-state index contributed by atoms with van der Waals surface area (Å²) in [5.41, 5.74) is 8.43. The molecule has 0 atom stereocenters. The van der Waals surface area contributed by atoms with Crippen molar-refractivity contribution >= 4 is 11.6 Å². The molecule has 3 N–H and O–H groups in total. The van der Waals surface area contributed by atoms with Gasteiger partial charge in [0.15, 0.2) is 0 Å². The summed E-state index contributed by atoms with van der Waals surface area (Å²) >= 11 is 6.15. The van der Waals surface area contributed by atoms with Gasteiger partial charge in [0.2, 0.25) is 0 Å². The van der Waals surface area contributed by atoms with Crippen molar-refractivity contribution in [1.29, 1.82) is 0 Å². The highest BCUT2D eigenvalue weighted by molar-refractivity contribution is 6.30. The fraction of sp³-hybridized carbons (Fsp3) is 0.350. The monoisotopic (exact) mass is 383 g/mol. The molecule has 2 aromatic heterocycles. The Labute approximate surface area is 162 Å². The molecule has 2 heterocycles. The molecule has 0 spiro atoms. The Bertz CT molecular complexity index is 1000. The van der Waals surface area contributed by atoms with E-state index in [2.05, 4.69) is 22.2 Å². The summed E-state index contributed by atoms with van der Waals surface area (Å²) in [4.78, 5) is 12.5. The van der Waals surface area contributed by atoms with Crippen molar-refractivity contribution in [3.8, 4) is 11.3 Å². The summed E-state index contributed by atoms with van der Waals surface area (Å²) in [5, 5.41) is 12.1. The first-order valence-corrected chi connectivity index (χ1v) is 9.42. The van der Waals surface area contributed by atoms with Crippen LogP contribution in [-0.2, 0) is 11.1 Å². The molecule has 0 unspecified atom stereocenters. The largest absolute Gasteiger partial charge is 0.321 e. The number of nitrogens with one attached hydrogen (secondary N) is 1. The Morgan fingerprint density at radius 1 is 1.19 bits per heavy atom. The number of nitrogens with two attached hydrogens (primary N) is 1. The lowest BCUT2D eigenvalue weighted by Crippen LogP contribution is -2.49. The van der Waals surface area contributed by atoms with Gasteiger partial charge < -0.3 is 5.73 Å². The third-order valence-electron chi connectivity index (χ3n) is 5.72. The molecular formula is C20H22ClN5O. The molecular weight excluding hydrogens is 362 g/mol. The fourth-order valence-electron chi connectivity index (χ4n) is 3.88. The zero-order chi connectivity index (χ0) is 19.1. The molecule has 3 aromatic rings. The first-order chi connectivity index (χ1) is 12.9. The summed E-state index contributed by atoms with van der Waals surface area (Å²) in [6.45, 7) is 2.08. The maximum atomic E-state index is 12.5. The molecule has 6 nitrogen and oxygen atoms in total. The van der Waals surface area contributed by atoms with Crippen LogP contribution >= 0.6 is 11.6 Å². The van der Waals surface area contributed by atoms with Gasteiger partial charge in [0.1, 0.15) is 0 Å². The van der Waals surface area contributed by atoms with Crippen LogP contribution in [0.4, 0.5) is 0 Å². The molecule has 1 aromatic carbocycles. The van der Waals surface area contributed by atoms with Crippen LogP contribution in [0, 0.1) is 0 Å². The highest BCUT2D eigenvalue weighted by Crippen LogP contribution is 2.42. The van der Waals surface area contributed by atoms with E-state index < -0.39 is 5.54 Å². The Morgan fingerprint density at radius 2 is 1.96 bits per heavy atom. The summed E-state index contributed by atoms with van der Waals surface area (Å²) in [7, 11) is 0. The smallest absolute Gasteiger partial charge is 0.267 e. The standard InChI is InChI=1S/C20H22ClN5O/c1-19(26-18(27)6-5-17(25-26)14-12-23-24-13-14)7-9-20(22,10-8-19)15-3-2-4-16(21)11-15/h2-6,11-13H,7-10,22H2,1H3,(H,23,24). The van der Waals surface area contributed by atoms with Crippen LogP contribution in [0.25, 0.3) is 11.3 Å². The molecule has 4 rings (SSSR count). The van der Waals surface area contributed by atoms with Crippen LogP contribution < -0.4 is 11.3 Å². The van der Waals surface area contributed by atoms with Crippen LogP contribution in [-0.4, -0.2) is 20.0 Å². The average molecular weight is 384 g/mol. The number of hydrogen-bond donors (Lipinski definition) is 2. The summed E-state index contributed by atoms with van der Waals surface area (Å²) < 4.78 is 1.62. The average Bonchev–Trinajstić information content (AvgIpc) is 3.20. The normalized spacial score (nSPS) is 25.4. The molecule has 1 fully saturated rings. The Balaban J connectivity index is 1.63. The van der Waals surface area contributed by atoms with E-state index in [4.69, 9.17) is 17.3 Å². The predicted octanol–water partition coefficient (Wildman–Crippen LogP) is 3.43. The minimum absolute atomic E-state index is 0.1000. The molecule has 0 aliphatic heterocycles. The van der Waals surface area contributed by atoms with Crippen LogP contribution in [0.15, 0.2) is 53.6 Å². The van der Waals surface area contributed by atoms with E-state index in [1.54, 1.807) is 29.2 Å². The molecule has 0 amide bonds. The molecule has 1 aliphatic carbocycles. The predicted molar refractivity (Wildman–Crippen MR) is 106 cm³/mol. The maximum Gasteiger partial charge on any atom is 0.267 e. The van der Waals surface area contributed by atoms with E-state index in [9.17, 15) is 4.79 Å². The molecule has 1 saturated carbocycles. The van der Waals surface area contributed by atoms with Gasteiger partial charge >= 0.3 is 0 Å². The Morgan fingerprint density at radius 3 is 2.63 bits per heavy atom. The summed E-state index contributed by atoms with van der Waals surface area (Å²) in [5.74, 6) is 0. The van der Waals surface area contributed by atoms with E-state index in [0.29, 0.717) is 5.02 Å². The van der Waals surface area contributed by atoms with Crippen molar-refractivity contribution in [1.82, 2.24) is 20.0 Å². The lowest BCUT2D eigenvalue weighted by Gasteiger charge is -2.43. The molecule has 0 bridgehead atoms. The van der Waals surface area contributed by atoms with E-state index >= 15 is 0 Å². The van der Waals surface area contributed by atoms with Crippen LogP contribution in [0.5, 0.6) is 0 Å². The van der Waals surface area contributed by atoms with E-state index in [-0.39, 0.29) is 11.1 Å². The van der Waals surface area contributed by atoms with Gasteiger partial charge in [-0.2, -0.15) is 10.2 Å². The van der Waals surface area contributed by atoms with Crippen molar-refractivity contribution in [3.05, 3.63) is 69.7 Å². The highest BCUT2D eigenvalue weighted by Gasteiger charge is 2.41. The zero-order valence-corrected chi connectivity index (χ0v) is 15.9. The molecule has 0 radical (unpaired) electrons. The Hall–Kier alpha value is -2.44. The van der Waals surface area contributed by atoms with E-state index in [1.165, 1.54) is 0 Å². The lowest BCUT2D eigenvalue weighted by molar-refractivity contribution is 0.133. The van der Waals surface area contributed by atoms with Gasteiger partial charge in [-0.1, -0.05) is 23.7 Å².